The van der Waals surface area contributed by atoms with Crippen LogP contribution in [0, 0.1) is 0 Å². The summed E-state index contributed by atoms with van der Waals surface area (Å²) < 4.78 is 16.2. The zero-order valence-corrected chi connectivity index (χ0v) is 17.3. The highest BCUT2D eigenvalue weighted by molar-refractivity contribution is 5.88. The summed E-state index contributed by atoms with van der Waals surface area (Å²) in [5, 5.41) is 2.63. The van der Waals surface area contributed by atoms with E-state index in [2.05, 4.69) is 5.32 Å². The Kier molecular flexibility index (Phi) is 8.33. The molecule has 0 aliphatic rings. The predicted molar refractivity (Wildman–Crippen MR) is 110 cm³/mol. The van der Waals surface area contributed by atoms with Crippen molar-refractivity contribution < 1.29 is 23.8 Å². The van der Waals surface area contributed by atoms with Crippen LogP contribution in [0.1, 0.15) is 18.9 Å². The molecular formula is C22H28N2O5. The molecular weight excluding hydrogens is 372 g/mol. The van der Waals surface area contributed by atoms with Crippen LogP contribution in [0.5, 0.6) is 17.2 Å². The van der Waals surface area contributed by atoms with Gasteiger partial charge in [0.1, 0.15) is 11.8 Å². The zero-order chi connectivity index (χ0) is 21.2. The first-order valence-electron chi connectivity index (χ1n) is 9.43. The summed E-state index contributed by atoms with van der Waals surface area (Å²) in [7, 11) is 4.69. The lowest BCUT2D eigenvalue weighted by Crippen LogP contribution is -2.49. The van der Waals surface area contributed by atoms with E-state index in [0.29, 0.717) is 23.7 Å². The Hall–Kier alpha value is -3.22. The predicted octanol–water partition coefficient (Wildman–Crippen LogP) is 2.64. The molecule has 7 nitrogen and oxygen atoms in total. The van der Waals surface area contributed by atoms with Crippen LogP contribution in [0.4, 0.5) is 0 Å². The third kappa shape index (κ3) is 5.88. The molecule has 0 fully saturated rings. The monoisotopic (exact) mass is 400 g/mol. The minimum absolute atomic E-state index is 0.210. The SMILES string of the molecule is CCC(C(=O)NC)N(Cc1cccc(OC)c1)C(=O)COc1ccccc1OC. The van der Waals surface area contributed by atoms with E-state index in [1.165, 1.54) is 12.0 Å². The number of nitrogens with one attached hydrogen (secondary N) is 1. The maximum Gasteiger partial charge on any atom is 0.261 e. The number of amides is 2. The molecule has 29 heavy (non-hydrogen) atoms. The molecule has 1 unspecified atom stereocenters. The van der Waals surface area contributed by atoms with E-state index in [-0.39, 0.29) is 25.0 Å². The molecule has 0 aromatic heterocycles. The van der Waals surface area contributed by atoms with Gasteiger partial charge in [-0.05, 0) is 36.2 Å². The highest BCUT2D eigenvalue weighted by Crippen LogP contribution is 2.26. The summed E-state index contributed by atoms with van der Waals surface area (Å²) >= 11 is 0. The first-order chi connectivity index (χ1) is 14.0. The van der Waals surface area contributed by atoms with Gasteiger partial charge >= 0.3 is 0 Å². The maximum atomic E-state index is 13.0. The molecule has 2 aromatic carbocycles. The van der Waals surface area contributed by atoms with Gasteiger partial charge in [-0.3, -0.25) is 9.59 Å². The van der Waals surface area contributed by atoms with Crippen LogP contribution in [-0.2, 0) is 16.1 Å². The van der Waals surface area contributed by atoms with Crippen molar-refractivity contribution in [2.45, 2.75) is 25.9 Å². The van der Waals surface area contributed by atoms with Crippen LogP contribution >= 0.6 is 0 Å². The molecule has 2 amide bonds. The van der Waals surface area contributed by atoms with E-state index < -0.39 is 6.04 Å². The smallest absolute Gasteiger partial charge is 0.261 e. The van der Waals surface area contributed by atoms with Crippen molar-refractivity contribution in [2.24, 2.45) is 0 Å². The Morgan fingerprint density at radius 2 is 1.76 bits per heavy atom. The number of hydrogen-bond acceptors (Lipinski definition) is 5. The van der Waals surface area contributed by atoms with E-state index in [9.17, 15) is 9.59 Å². The summed E-state index contributed by atoms with van der Waals surface area (Å²) in [4.78, 5) is 27.0. The van der Waals surface area contributed by atoms with Crippen molar-refractivity contribution in [2.75, 3.05) is 27.9 Å². The molecule has 0 heterocycles. The van der Waals surface area contributed by atoms with Crippen molar-refractivity contribution in [1.29, 1.82) is 0 Å². The van der Waals surface area contributed by atoms with Gasteiger partial charge in [0, 0.05) is 13.6 Å². The second-order valence-electron chi connectivity index (χ2n) is 6.35. The van der Waals surface area contributed by atoms with E-state index in [0.717, 1.165) is 5.56 Å². The van der Waals surface area contributed by atoms with E-state index in [4.69, 9.17) is 14.2 Å². The van der Waals surface area contributed by atoms with Gasteiger partial charge in [-0.2, -0.15) is 0 Å². The summed E-state index contributed by atoms with van der Waals surface area (Å²) in [6.45, 7) is 1.92. The first-order valence-corrected chi connectivity index (χ1v) is 9.43. The maximum absolute atomic E-state index is 13.0. The number of rotatable bonds is 10. The Bertz CT molecular complexity index is 824. The first kappa shape index (κ1) is 22.1. The fraction of sp³-hybridized carbons (Fsp3) is 0.364. The summed E-state index contributed by atoms with van der Waals surface area (Å²) in [6.07, 6.45) is 0.476. The topological polar surface area (TPSA) is 77.1 Å². The molecule has 7 heteroatoms. The number of benzene rings is 2. The number of ether oxygens (including phenoxy) is 3. The fourth-order valence-electron chi connectivity index (χ4n) is 3.01. The van der Waals surface area contributed by atoms with Gasteiger partial charge in [0.05, 0.1) is 14.2 Å². The minimum atomic E-state index is -0.611. The Morgan fingerprint density at radius 1 is 1.03 bits per heavy atom. The molecule has 0 aliphatic carbocycles. The van der Waals surface area contributed by atoms with Crippen molar-refractivity contribution in [1.82, 2.24) is 10.2 Å². The molecule has 0 saturated carbocycles. The molecule has 0 radical (unpaired) electrons. The standard InChI is InChI=1S/C22H28N2O5/c1-5-18(22(26)23-2)24(14-16-9-8-10-17(13-16)27-3)21(25)15-29-20-12-7-6-11-19(20)28-4/h6-13,18H,5,14-15H2,1-4H3,(H,23,26). The van der Waals surface area contributed by atoms with E-state index in [1.54, 1.807) is 32.4 Å². The Balaban J connectivity index is 2.22. The van der Waals surface area contributed by atoms with Crippen molar-refractivity contribution in [3.63, 3.8) is 0 Å². The van der Waals surface area contributed by atoms with Gasteiger partial charge in [0.2, 0.25) is 5.91 Å². The van der Waals surface area contributed by atoms with E-state index in [1.807, 2.05) is 37.3 Å². The van der Waals surface area contributed by atoms with Crippen molar-refractivity contribution >= 4 is 11.8 Å². The number of methoxy groups -OCH3 is 2. The molecule has 156 valence electrons. The fourth-order valence-corrected chi connectivity index (χ4v) is 3.01. The van der Waals surface area contributed by atoms with Crippen LogP contribution in [0.3, 0.4) is 0 Å². The molecule has 2 aromatic rings. The number of carbonyl (C=O) groups is 2. The average Bonchev–Trinajstić information content (AvgIpc) is 2.77. The van der Waals surface area contributed by atoms with E-state index >= 15 is 0 Å². The highest BCUT2D eigenvalue weighted by Gasteiger charge is 2.28. The molecule has 0 spiro atoms. The van der Waals surface area contributed by atoms with Crippen molar-refractivity contribution in [3.8, 4) is 17.2 Å². The van der Waals surface area contributed by atoms with Crippen LogP contribution in [0.25, 0.3) is 0 Å². The molecule has 0 aliphatic heterocycles. The molecule has 1 N–H and O–H groups in total. The van der Waals surface area contributed by atoms with Gasteiger partial charge in [-0.15, -0.1) is 0 Å². The quantitative estimate of drug-likeness (QED) is 0.663. The number of likely N-dealkylation sites (N-methyl/N-ethyl adjacent to an activating group) is 1. The van der Waals surface area contributed by atoms with Crippen molar-refractivity contribution in [3.05, 3.63) is 54.1 Å². The van der Waals surface area contributed by atoms with Gasteiger partial charge < -0.3 is 24.4 Å². The second kappa shape index (κ2) is 10.9. The number of para-hydroxylation sites is 2. The second-order valence-corrected chi connectivity index (χ2v) is 6.35. The summed E-state index contributed by atoms with van der Waals surface area (Å²) in [6, 6.07) is 13.9. The van der Waals surface area contributed by atoms with Crippen LogP contribution in [0.2, 0.25) is 0 Å². The van der Waals surface area contributed by atoms with Crippen LogP contribution < -0.4 is 19.5 Å². The average molecular weight is 400 g/mol. The molecule has 2 rings (SSSR count). The van der Waals surface area contributed by atoms with Gasteiger partial charge in [-0.25, -0.2) is 0 Å². The lowest BCUT2D eigenvalue weighted by atomic mass is 10.1. The zero-order valence-electron chi connectivity index (χ0n) is 17.3. The van der Waals surface area contributed by atoms with Gasteiger partial charge in [0.15, 0.2) is 18.1 Å². The Morgan fingerprint density at radius 3 is 2.38 bits per heavy atom. The van der Waals surface area contributed by atoms with Crippen LogP contribution in [0.15, 0.2) is 48.5 Å². The molecule has 0 saturated heterocycles. The van der Waals surface area contributed by atoms with Gasteiger partial charge in [0.25, 0.3) is 5.91 Å². The largest absolute Gasteiger partial charge is 0.497 e. The summed E-state index contributed by atoms with van der Waals surface area (Å²) in [5.41, 5.74) is 0.859. The highest BCUT2D eigenvalue weighted by atomic mass is 16.5. The molecule has 0 bridgehead atoms. The lowest BCUT2D eigenvalue weighted by molar-refractivity contribution is -0.142. The minimum Gasteiger partial charge on any atom is -0.497 e. The third-order valence-corrected chi connectivity index (χ3v) is 4.54. The molecule has 1 atom stereocenters. The summed E-state index contributed by atoms with van der Waals surface area (Å²) in [5.74, 6) is 1.18. The third-order valence-electron chi connectivity index (χ3n) is 4.54. The lowest BCUT2D eigenvalue weighted by Gasteiger charge is -2.30. The number of hydrogen-bond donors (Lipinski definition) is 1. The van der Waals surface area contributed by atoms with Gasteiger partial charge in [-0.1, -0.05) is 31.2 Å². The number of nitrogens with zero attached hydrogens (tertiary/aromatic N) is 1. The number of carbonyl (C=O) groups excluding carboxylic acids is 2. The Labute approximate surface area is 171 Å². The van der Waals surface area contributed by atoms with Crippen LogP contribution in [-0.4, -0.2) is 50.6 Å². The normalized spacial score (nSPS) is 11.3.